The van der Waals surface area contributed by atoms with Gasteiger partial charge in [0.2, 0.25) is 0 Å². The molecule has 1 aliphatic rings. The maximum Gasteiger partial charge on any atom is 0.319 e. The van der Waals surface area contributed by atoms with Gasteiger partial charge < -0.3 is 20.4 Å². The molecule has 28 heavy (non-hydrogen) atoms. The molecule has 0 radical (unpaired) electrons. The van der Waals surface area contributed by atoms with Gasteiger partial charge >= 0.3 is 6.03 Å². The van der Waals surface area contributed by atoms with Crippen LogP contribution in [0, 0.1) is 19.7 Å². The largest absolute Gasteiger partial charge is 0.368 e. The number of likely N-dealkylation sites (N-methyl/N-ethyl adjacent to an activating group) is 1. The number of amides is 2. The van der Waals surface area contributed by atoms with Crippen LogP contribution in [0.15, 0.2) is 24.3 Å². The Morgan fingerprint density at radius 2 is 1.96 bits per heavy atom. The summed E-state index contributed by atoms with van der Waals surface area (Å²) in [5, 5.41) is 5.67. The van der Waals surface area contributed by atoms with Crippen LogP contribution in [0.5, 0.6) is 0 Å². The van der Waals surface area contributed by atoms with E-state index in [4.69, 9.17) is 0 Å². The molecule has 152 valence electrons. The van der Waals surface area contributed by atoms with Crippen molar-refractivity contribution in [1.82, 2.24) is 10.2 Å². The Morgan fingerprint density at radius 3 is 2.64 bits per heavy atom. The molecular weight excluding hydrogens is 375 g/mol. The number of hydrogen-bond donors (Lipinski definition) is 2. The number of thiophene rings is 1. The van der Waals surface area contributed by atoms with Crippen molar-refractivity contribution in [3.63, 3.8) is 0 Å². The molecule has 1 aromatic carbocycles. The third-order valence-electron chi connectivity index (χ3n) is 5.16. The Labute approximate surface area is 170 Å². The molecule has 3 rings (SSSR count). The molecule has 2 amide bonds. The van der Waals surface area contributed by atoms with E-state index in [9.17, 15) is 9.18 Å². The maximum atomic E-state index is 14.7. The van der Waals surface area contributed by atoms with Crippen LogP contribution in [0.4, 0.5) is 20.6 Å². The Morgan fingerprint density at radius 1 is 1.18 bits per heavy atom. The van der Waals surface area contributed by atoms with Crippen LogP contribution in [0.3, 0.4) is 0 Å². The fraction of sp³-hybridized carbons (Fsp3) is 0.476. The molecule has 0 aliphatic carbocycles. The summed E-state index contributed by atoms with van der Waals surface area (Å²) < 4.78 is 14.7. The van der Waals surface area contributed by atoms with E-state index in [1.807, 2.05) is 6.92 Å². The van der Waals surface area contributed by atoms with E-state index in [-0.39, 0.29) is 17.9 Å². The number of halogens is 1. The van der Waals surface area contributed by atoms with Crippen molar-refractivity contribution in [2.75, 3.05) is 43.4 Å². The summed E-state index contributed by atoms with van der Waals surface area (Å²) in [6.07, 6.45) is 1.01. The lowest BCUT2D eigenvalue weighted by atomic mass is 10.1. The van der Waals surface area contributed by atoms with Crippen molar-refractivity contribution in [2.24, 2.45) is 0 Å². The third-order valence-corrected chi connectivity index (χ3v) is 6.14. The zero-order chi connectivity index (χ0) is 20.3. The van der Waals surface area contributed by atoms with Gasteiger partial charge in [0.15, 0.2) is 0 Å². The first-order valence-corrected chi connectivity index (χ1v) is 10.5. The lowest BCUT2D eigenvalue weighted by molar-refractivity contribution is 0.249. The summed E-state index contributed by atoms with van der Waals surface area (Å²) in [5.74, 6) is -0.306. The summed E-state index contributed by atoms with van der Waals surface area (Å²) >= 11 is 1.72. The van der Waals surface area contributed by atoms with Crippen LogP contribution in [-0.2, 0) is 0 Å². The van der Waals surface area contributed by atoms with Crippen LogP contribution >= 0.6 is 11.3 Å². The molecule has 1 atom stereocenters. The highest BCUT2D eigenvalue weighted by Gasteiger charge is 2.17. The topological polar surface area (TPSA) is 47.6 Å². The fourth-order valence-corrected chi connectivity index (χ4v) is 4.67. The van der Waals surface area contributed by atoms with Crippen LogP contribution in [0.2, 0.25) is 0 Å². The molecular formula is C21H29FN4OS. The number of anilines is 2. The zero-order valence-electron chi connectivity index (χ0n) is 17.0. The molecule has 7 heteroatoms. The van der Waals surface area contributed by atoms with Crippen LogP contribution in [0.1, 0.15) is 34.7 Å². The number of benzene rings is 1. The fourth-order valence-electron chi connectivity index (χ4n) is 3.65. The van der Waals surface area contributed by atoms with E-state index >= 15 is 0 Å². The minimum Gasteiger partial charge on any atom is -0.368 e. The lowest BCUT2D eigenvalue weighted by Crippen LogP contribution is -2.31. The summed E-state index contributed by atoms with van der Waals surface area (Å²) in [4.78, 5) is 19.1. The molecule has 2 N–H and O–H groups in total. The van der Waals surface area contributed by atoms with Gasteiger partial charge in [0.1, 0.15) is 5.82 Å². The van der Waals surface area contributed by atoms with Crippen molar-refractivity contribution < 1.29 is 9.18 Å². The number of aryl methyl sites for hydroxylation is 2. The van der Waals surface area contributed by atoms with Gasteiger partial charge in [0.05, 0.1) is 11.7 Å². The third kappa shape index (κ3) is 5.02. The lowest BCUT2D eigenvalue weighted by Gasteiger charge is -2.23. The average Bonchev–Trinajstić information content (AvgIpc) is 2.82. The predicted molar refractivity (Wildman–Crippen MR) is 115 cm³/mol. The number of carbonyl (C=O) groups excluding carboxylic acids is 1. The van der Waals surface area contributed by atoms with E-state index < -0.39 is 0 Å². The van der Waals surface area contributed by atoms with Crippen molar-refractivity contribution in [2.45, 2.75) is 33.2 Å². The molecule has 5 nitrogen and oxygen atoms in total. The smallest absolute Gasteiger partial charge is 0.319 e. The number of nitrogens with zero attached hydrogens (tertiary/aromatic N) is 2. The van der Waals surface area contributed by atoms with E-state index in [0.717, 1.165) is 38.2 Å². The van der Waals surface area contributed by atoms with E-state index in [0.29, 0.717) is 11.4 Å². The summed E-state index contributed by atoms with van der Waals surface area (Å²) in [5.41, 5.74) is 2.17. The number of nitrogens with one attached hydrogen (secondary N) is 2. The Kier molecular flexibility index (Phi) is 6.57. The molecule has 1 unspecified atom stereocenters. The Hall–Kier alpha value is -2.12. The van der Waals surface area contributed by atoms with Gasteiger partial charge in [-0.15, -0.1) is 11.3 Å². The molecule has 1 saturated heterocycles. The molecule has 0 spiro atoms. The summed E-state index contributed by atoms with van der Waals surface area (Å²) in [6.45, 7) is 9.65. The molecule has 0 saturated carbocycles. The first kappa shape index (κ1) is 20.6. The van der Waals surface area contributed by atoms with Gasteiger partial charge in [0.25, 0.3) is 0 Å². The monoisotopic (exact) mass is 404 g/mol. The minimum absolute atomic E-state index is 0.108. The Bertz CT molecular complexity index is 838. The minimum atomic E-state index is -0.334. The highest BCUT2D eigenvalue weighted by Crippen LogP contribution is 2.27. The summed E-state index contributed by atoms with van der Waals surface area (Å²) in [6, 6.07) is 6.57. The second kappa shape index (κ2) is 8.92. The van der Waals surface area contributed by atoms with Crippen LogP contribution in [0.25, 0.3) is 0 Å². The number of urea groups is 1. The molecule has 1 aliphatic heterocycles. The van der Waals surface area contributed by atoms with E-state index in [1.165, 1.54) is 15.8 Å². The number of rotatable bonds is 4. The van der Waals surface area contributed by atoms with Crippen molar-refractivity contribution in [3.05, 3.63) is 45.4 Å². The van der Waals surface area contributed by atoms with Gasteiger partial charge in [-0.1, -0.05) is 0 Å². The molecule has 2 aromatic rings. The highest BCUT2D eigenvalue weighted by atomic mass is 32.1. The second-order valence-corrected chi connectivity index (χ2v) is 8.96. The van der Waals surface area contributed by atoms with Crippen LogP contribution in [-0.4, -0.2) is 44.2 Å². The first-order valence-electron chi connectivity index (χ1n) is 9.71. The predicted octanol–water partition coefficient (Wildman–Crippen LogP) is 4.53. The maximum absolute atomic E-state index is 14.7. The van der Waals surface area contributed by atoms with Gasteiger partial charge in [-0.3, -0.25) is 0 Å². The quantitative estimate of drug-likeness (QED) is 0.787. The van der Waals surface area contributed by atoms with Crippen LogP contribution < -0.4 is 15.5 Å². The van der Waals surface area contributed by atoms with Crippen molar-refractivity contribution in [3.8, 4) is 0 Å². The highest BCUT2D eigenvalue weighted by molar-refractivity contribution is 7.12. The normalized spacial score (nSPS) is 16.5. The molecule has 1 aromatic heterocycles. The van der Waals surface area contributed by atoms with Crippen molar-refractivity contribution >= 4 is 28.7 Å². The molecule has 2 heterocycles. The average molecular weight is 405 g/mol. The second-order valence-electron chi connectivity index (χ2n) is 7.50. The molecule has 0 bridgehead atoms. The Balaban J connectivity index is 1.62. The number of carbonyl (C=O) groups is 1. The standard InChI is InChI=1S/C21H29FN4OS/c1-14-12-18(16(3)28-14)15(2)23-21(27)24-17-6-7-20(19(22)13-17)26-9-5-8-25(4)10-11-26/h6-7,12-13,15H,5,8-11H2,1-4H3,(H2,23,24,27). The van der Waals surface area contributed by atoms with Crippen molar-refractivity contribution in [1.29, 1.82) is 0 Å². The van der Waals surface area contributed by atoms with E-state index in [2.05, 4.69) is 47.4 Å². The van der Waals surface area contributed by atoms with Gasteiger partial charge in [-0.05, 0) is 70.6 Å². The zero-order valence-corrected chi connectivity index (χ0v) is 17.8. The van der Waals surface area contributed by atoms with Gasteiger partial charge in [-0.2, -0.15) is 0 Å². The SMILES string of the molecule is Cc1cc(C(C)NC(=O)Nc2ccc(N3CCCN(C)CC3)c(F)c2)c(C)s1. The van der Waals surface area contributed by atoms with Gasteiger partial charge in [0, 0.05) is 35.1 Å². The van der Waals surface area contributed by atoms with E-state index in [1.54, 1.807) is 23.5 Å². The van der Waals surface area contributed by atoms with Gasteiger partial charge in [-0.25, -0.2) is 9.18 Å². The number of hydrogen-bond acceptors (Lipinski definition) is 4. The summed E-state index contributed by atoms with van der Waals surface area (Å²) in [7, 11) is 2.09. The molecule has 1 fully saturated rings. The first-order chi connectivity index (χ1) is 13.3.